The molecule has 2 aromatic rings. The van der Waals surface area contributed by atoms with E-state index in [1.807, 2.05) is 19.0 Å². The lowest BCUT2D eigenvalue weighted by molar-refractivity contribution is -0.133. The van der Waals surface area contributed by atoms with Crippen molar-refractivity contribution in [2.24, 2.45) is 0 Å². The summed E-state index contributed by atoms with van der Waals surface area (Å²) in [6, 6.07) is 1.66. The summed E-state index contributed by atoms with van der Waals surface area (Å²) < 4.78 is 3.53. The van der Waals surface area contributed by atoms with Crippen molar-refractivity contribution in [3.63, 3.8) is 0 Å². The summed E-state index contributed by atoms with van der Waals surface area (Å²) in [6.45, 7) is 5.08. The summed E-state index contributed by atoms with van der Waals surface area (Å²) in [4.78, 5) is 31.8. The predicted octanol–water partition coefficient (Wildman–Crippen LogP) is 0.323. The van der Waals surface area contributed by atoms with Gasteiger partial charge in [0.25, 0.3) is 0 Å². The first-order valence-corrected chi connectivity index (χ1v) is 9.35. The van der Waals surface area contributed by atoms with Gasteiger partial charge in [0.2, 0.25) is 5.91 Å². The highest BCUT2D eigenvalue weighted by atomic mass is 16.2. The normalized spacial score (nSPS) is 15.5. The number of hydrogen-bond acceptors (Lipinski definition) is 6. The van der Waals surface area contributed by atoms with E-state index in [2.05, 4.69) is 31.6 Å². The maximum Gasteiger partial charge on any atom is 0.347 e. The van der Waals surface area contributed by atoms with Crippen LogP contribution < -0.4 is 5.69 Å². The standard InChI is InChI=1S/C18H27N7O2/c1-4-25-15(12-22(2)3)20-21-17(25)14-6-10-23(11-7-14)16(26)13-24-9-5-8-19-18(24)27/h5,8-9,14H,4,6-7,10-13H2,1-3H3. The van der Waals surface area contributed by atoms with Crippen molar-refractivity contribution in [2.75, 3.05) is 27.2 Å². The lowest BCUT2D eigenvalue weighted by Gasteiger charge is -2.32. The third kappa shape index (κ3) is 4.41. The van der Waals surface area contributed by atoms with Crippen molar-refractivity contribution in [2.45, 2.75) is 45.3 Å². The van der Waals surface area contributed by atoms with Crippen molar-refractivity contribution in [1.29, 1.82) is 0 Å². The lowest BCUT2D eigenvalue weighted by Crippen LogP contribution is -2.41. The first kappa shape index (κ1) is 19.2. The number of aromatic nitrogens is 5. The first-order valence-electron chi connectivity index (χ1n) is 9.35. The first-order chi connectivity index (χ1) is 13.0. The summed E-state index contributed by atoms with van der Waals surface area (Å²) in [7, 11) is 4.04. The third-order valence-electron chi connectivity index (χ3n) is 4.93. The number of amides is 1. The third-order valence-corrected chi connectivity index (χ3v) is 4.93. The molecule has 1 aliphatic heterocycles. The van der Waals surface area contributed by atoms with Gasteiger partial charge in [-0.05, 0) is 39.9 Å². The zero-order valence-electron chi connectivity index (χ0n) is 16.2. The fourth-order valence-corrected chi connectivity index (χ4v) is 3.54. The molecule has 9 heteroatoms. The molecule has 1 aliphatic rings. The van der Waals surface area contributed by atoms with Crippen LogP contribution in [0.5, 0.6) is 0 Å². The maximum absolute atomic E-state index is 12.5. The van der Waals surface area contributed by atoms with E-state index in [4.69, 9.17) is 0 Å². The second-order valence-electron chi connectivity index (χ2n) is 7.14. The summed E-state index contributed by atoms with van der Waals surface area (Å²) in [5.74, 6) is 2.25. The van der Waals surface area contributed by atoms with Gasteiger partial charge >= 0.3 is 5.69 Å². The Bertz CT molecular complexity index is 834. The quantitative estimate of drug-likeness (QED) is 0.725. The molecule has 0 unspecified atom stereocenters. The molecule has 1 fully saturated rings. The minimum absolute atomic E-state index is 0.0372. The van der Waals surface area contributed by atoms with Crippen LogP contribution in [0.4, 0.5) is 0 Å². The van der Waals surface area contributed by atoms with Crippen LogP contribution in [0.3, 0.4) is 0 Å². The maximum atomic E-state index is 12.5. The van der Waals surface area contributed by atoms with Gasteiger partial charge in [-0.25, -0.2) is 9.78 Å². The molecule has 1 amide bonds. The molecule has 3 heterocycles. The number of piperidine rings is 1. The minimum Gasteiger partial charge on any atom is -0.341 e. The van der Waals surface area contributed by atoms with Crippen LogP contribution in [0.2, 0.25) is 0 Å². The van der Waals surface area contributed by atoms with E-state index < -0.39 is 5.69 Å². The Hall–Kier alpha value is -2.55. The van der Waals surface area contributed by atoms with Crippen LogP contribution in [0.1, 0.15) is 37.3 Å². The Morgan fingerprint density at radius 1 is 1.26 bits per heavy atom. The smallest absolute Gasteiger partial charge is 0.341 e. The van der Waals surface area contributed by atoms with E-state index in [1.54, 1.807) is 12.3 Å². The predicted molar refractivity (Wildman–Crippen MR) is 100 cm³/mol. The molecule has 0 aromatic carbocycles. The molecule has 0 saturated carbocycles. The van der Waals surface area contributed by atoms with E-state index >= 15 is 0 Å². The molecule has 0 atom stereocenters. The molecule has 3 rings (SSSR count). The van der Waals surface area contributed by atoms with Crippen LogP contribution in [-0.2, 0) is 24.4 Å². The van der Waals surface area contributed by atoms with Crippen LogP contribution in [0.25, 0.3) is 0 Å². The van der Waals surface area contributed by atoms with Crippen molar-refractivity contribution < 1.29 is 4.79 Å². The van der Waals surface area contributed by atoms with Gasteiger partial charge in [0.1, 0.15) is 18.2 Å². The van der Waals surface area contributed by atoms with Crippen molar-refractivity contribution in [3.8, 4) is 0 Å². The van der Waals surface area contributed by atoms with Crippen molar-refractivity contribution in [3.05, 3.63) is 40.6 Å². The fourth-order valence-electron chi connectivity index (χ4n) is 3.54. The monoisotopic (exact) mass is 373 g/mol. The molecule has 2 aromatic heterocycles. The molecule has 0 spiro atoms. The Morgan fingerprint density at radius 3 is 2.63 bits per heavy atom. The van der Waals surface area contributed by atoms with Gasteiger partial charge in [-0.1, -0.05) is 0 Å². The van der Waals surface area contributed by atoms with Gasteiger partial charge < -0.3 is 14.4 Å². The average molecular weight is 373 g/mol. The average Bonchev–Trinajstić information content (AvgIpc) is 3.05. The summed E-state index contributed by atoms with van der Waals surface area (Å²) in [5.41, 5.74) is -0.398. The molecule has 9 nitrogen and oxygen atoms in total. The SMILES string of the molecule is CCn1c(CN(C)C)nnc1C1CCN(C(=O)Cn2cccnc2=O)CC1. The highest BCUT2D eigenvalue weighted by molar-refractivity contribution is 5.76. The molecule has 146 valence electrons. The number of carbonyl (C=O) groups is 1. The zero-order valence-corrected chi connectivity index (χ0v) is 16.2. The molecule has 0 N–H and O–H groups in total. The number of carbonyl (C=O) groups excluding carboxylic acids is 1. The van der Waals surface area contributed by atoms with Gasteiger partial charge in [-0.2, -0.15) is 0 Å². The van der Waals surface area contributed by atoms with Gasteiger partial charge in [0.05, 0.1) is 6.54 Å². The largest absolute Gasteiger partial charge is 0.347 e. The molecule has 0 radical (unpaired) electrons. The summed E-state index contributed by atoms with van der Waals surface area (Å²) in [5, 5.41) is 8.81. The molecular weight excluding hydrogens is 346 g/mol. The van der Waals surface area contributed by atoms with E-state index in [1.165, 1.54) is 10.8 Å². The van der Waals surface area contributed by atoms with E-state index in [-0.39, 0.29) is 12.5 Å². The Balaban J connectivity index is 1.62. The second kappa shape index (κ2) is 8.43. The van der Waals surface area contributed by atoms with E-state index in [0.717, 1.165) is 37.6 Å². The molecule has 27 heavy (non-hydrogen) atoms. The number of hydrogen-bond donors (Lipinski definition) is 0. The highest BCUT2D eigenvalue weighted by Gasteiger charge is 2.28. The molecule has 1 saturated heterocycles. The topological polar surface area (TPSA) is 89.2 Å². The fraction of sp³-hybridized carbons (Fsp3) is 0.611. The number of likely N-dealkylation sites (tertiary alicyclic amines) is 1. The highest BCUT2D eigenvalue weighted by Crippen LogP contribution is 2.27. The van der Waals surface area contributed by atoms with Crippen LogP contribution >= 0.6 is 0 Å². The second-order valence-corrected chi connectivity index (χ2v) is 7.14. The Morgan fingerprint density at radius 2 is 2.00 bits per heavy atom. The van der Waals surface area contributed by atoms with Gasteiger partial charge in [0.15, 0.2) is 0 Å². The minimum atomic E-state index is -0.398. The molecule has 0 aliphatic carbocycles. The Labute approximate surface area is 158 Å². The van der Waals surface area contributed by atoms with Crippen LogP contribution in [-0.4, -0.2) is 67.2 Å². The van der Waals surface area contributed by atoms with Crippen LogP contribution in [0.15, 0.2) is 23.3 Å². The number of nitrogens with zero attached hydrogens (tertiary/aromatic N) is 7. The summed E-state index contributed by atoms with van der Waals surface area (Å²) in [6.07, 6.45) is 4.74. The van der Waals surface area contributed by atoms with E-state index in [9.17, 15) is 9.59 Å². The molecular formula is C18H27N7O2. The zero-order chi connectivity index (χ0) is 19.4. The Kier molecular flexibility index (Phi) is 6.00. The van der Waals surface area contributed by atoms with Crippen molar-refractivity contribution >= 4 is 5.91 Å². The van der Waals surface area contributed by atoms with Crippen molar-refractivity contribution in [1.82, 2.24) is 34.1 Å². The van der Waals surface area contributed by atoms with Gasteiger partial charge in [-0.15, -0.1) is 10.2 Å². The van der Waals surface area contributed by atoms with Crippen LogP contribution in [0, 0.1) is 0 Å². The van der Waals surface area contributed by atoms with E-state index in [0.29, 0.717) is 19.0 Å². The lowest BCUT2D eigenvalue weighted by atomic mass is 9.95. The number of rotatable bonds is 6. The van der Waals surface area contributed by atoms with Gasteiger partial charge in [0, 0.05) is 37.9 Å². The van der Waals surface area contributed by atoms with Gasteiger partial charge in [-0.3, -0.25) is 9.36 Å². The molecule has 0 bridgehead atoms. The summed E-state index contributed by atoms with van der Waals surface area (Å²) >= 11 is 0.